The van der Waals surface area contributed by atoms with Gasteiger partial charge in [-0.05, 0) is 25.4 Å². The molecule has 0 spiro atoms. The molecule has 5 heteroatoms. The fourth-order valence-corrected chi connectivity index (χ4v) is 3.39. The summed E-state index contributed by atoms with van der Waals surface area (Å²) in [4.78, 5) is 9.52. The van der Waals surface area contributed by atoms with E-state index in [9.17, 15) is 0 Å². The van der Waals surface area contributed by atoms with Crippen LogP contribution in [0.5, 0.6) is 0 Å². The molecule has 92 valence electrons. The van der Waals surface area contributed by atoms with E-state index in [1.807, 2.05) is 7.05 Å². The summed E-state index contributed by atoms with van der Waals surface area (Å²) < 4.78 is 0. The monoisotopic (exact) mass is 267 g/mol. The summed E-state index contributed by atoms with van der Waals surface area (Å²) in [5, 5.41) is 6.39. The molecule has 0 amide bonds. The first-order valence-corrected chi connectivity index (χ1v) is 7.24. The summed E-state index contributed by atoms with van der Waals surface area (Å²) in [6.07, 6.45) is 0. The highest BCUT2D eigenvalue weighted by Crippen LogP contribution is 2.26. The number of thiazole rings is 1. The van der Waals surface area contributed by atoms with Gasteiger partial charge in [-0.2, -0.15) is 0 Å². The third-order valence-corrected chi connectivity index (χ3v) is 4.65. The quantitative estimate of drug-likeness (QED) is 0.903. The van der Waals surface area contributed by atoms with E-state index in [2.05, 4.69) is 46.7 Å². The van der Waals surface area contributed by atoms with Crippen LogP contribution >= 0.6 is 22.7 Å². The van der Waals surface area contributed by atoms with Crippen molar-refractivity contribution in [1.29, 1.82) is 0 Å². The number of hydrogen-bond acceptors (Lipinski definition) is 5. The van der Waals surface area contributed by atoms with Gasteiger partial charge in [-0.3, -0.25) is 0 Å². The van der Waals surface area contributed by atoms with E-state index in [4.69, 9.17) is 0 Å². The molecule has 0 aliphatic carbocycles. The average Bonchev–Trinajstić information content (AvgIpc) is 2.90. The van der Waals surface area contributed by atoms with Gasteiger partial charge in [0, 0.05) is 23.3 Å². The molecule has 17 heavy (non-hydrogen) atoms. The number of thiophene rings is 1. The van der Waals surface area contributed by atoms with E-state index in [0.29, 0.717) is 0 Å². The fourth-order valence-electron chi connectivity index (χ4n) is 1.60. The van der Waals surface area contributed by atoms with E-state index < -0.39 is 0 Å². The van der Waals surface area contributed by atoms with E-state index in [1.54, 1.807) is 22.7 Å². The van der Waals surface area contributed by atoms with Gasteiger partial charge in [0.25, 0.3) is 0 Å². The normalized spacial score (nSPS) is 10.8. The van der Waals surface area contributed by atoms with Crippen molar-refractivity contribution in [2.45, 2.75) is 20.0 Å². The van der Waals surface area contributed by atoms with Crippen LogP contribution in [0, 0.1) is 6.92 Å². The highest BCUT2D eigenvalue weighted by Gasteiger charge is 2.11. The molecule has 0 aromatic carbocycles. The minimum absolute atomic E-state index is 0.899. The molecule has 0 aliphatic heterocycles. The number of hydrogen-bond donors (Lipinski definition) is 1. The summed E-state index contributed by atoms with van der Waals surface area (Å²) >= 11 is 3.56. The number of nitrogens with one attached hydrogen (secondary N) is 1. The molecule has 2 rings (SSSR count). The van der Waals surface area contributed by atoms with Crippen LogP contribution in [0.2, 0.25) is 0 Å². The number of aryl methyl sites for hydroxylation is 1. The van der Waals surface area contributed by atoms with Gasteiger partial charge in [-0.15, -0.1) is 22.7 Å². The minimum Gasteiger partial charge on any atom is -0.346 e. The van der Waals surface area contributed by atoms with Crippen molar-refractivity contribution >= 4 is 27.8 Å². The molecule has 2 heterocycles. The van der Waals surface area contributed by atoms with Crippen molar-refractivity contribution < 1.29 is 0 Å². The summed E-state index contributed by atoms with van der Waals surface area (Å²) in [6, 6.07) is 4.25. The smallest absolute Gasteiger partial charge is 0.185 e. The van der Waals surface area contributed by atoms with Crippen molar-refractivity contribution in [3.05, 3.63) is 33.0 Å². The Balaban J connectivity index is 2.08. The molecule has 1 N–H and O–H groups in total. The van der Waals surface area contributed by atoms with E-state index in [-0.39, 0.29) is 0 Å². The van der Waals surface area contributed by atoms with Crippen LogP contribution in [0.25, 0.3) is 0 Å². The third-order valence-electron chi connectivity index (χ3n) is 2.52. The number of nitrogens with zero attached hydrogens (tertiary/aromatic N) is 2. The van der Waals surface area contributed by atoms with Gasteiger partial charge in [-0.1, -0.05) is 6.07 Å². The molecule has 0 bridgehead atoms. The maximum atomic E-state index is 4.62. The van der Waals surface area contributed by atoms with Crippen molar-refractivity contribution in [2.24, 2.45) is 0 Å². The molecule has 0 aliphatic rings. The average molecular weight is 267 g/mol. The van der Waals surface area contributed by atoms with Gasteiger partial charge in [0.2, 0.25) is 0 Å². The van der Waals surface area contributed by atoms with Crippen LogP contribution in [0.4, 0.5) is 5.13 Å². The standard InChI is InChI=1S/C12H17N3S2/c1-9-11(7-13-2)17-12(14-9)15(3)8-10-5-4-6-16-10/h4-6,13H,7-8H2,1-3H3. The molecule has 2 aromatic heterocycles. The molecular formula is C12H17N3S2. The van der Waals surface area contributed by atoms with Gasteiger partial charge in [-0.25, -0.2) is 4.98 Å². The summed E-state index contributed by atoms with van der Waals surface area (Å²) in [5.41, 5.74) is 1.14. The van der Waals surface area contributed by atoms with Gasteiger partial charge >= 0.3 is 0 Å². The van der Waals surface area contributed by atoms with Gasteiger partial charge < -0.3 is 10.2 Å². The van der Waals surface area contributed by atoms with Crippen LogP contribution in [-0.4, -0.2) is 19.1 Å². The van der Waals surface area contributed by atoms with E-state index in [0.717, 1.165) is 23.9 Å². The second kappa shape index (κ2) is 5.62. The van der Waals surface area contributed by atoms with Crippen molar-refractivity contribution in [2.75, 3.05) is 19.0 Å². The Morgan fingerprint density at radius 2 is 2.29 bits per heavy atom. The third kappa shape index (κ3) is 3.06. The van der Waals surface area contributed by atoms with Gasteiger partial charge in [0.05, 0.1) is 12.2 Å². The predicted octanol–water partition coefficient (Wildman–Crippen LogP) is 2.87. The fraction of sp³-hybridized carbons (Fsp3) is 0.417. The second-order valence-corrected chi connectivity index (χ2v) is 6.07. The lowest BCUT2D eigenvalue weighted by Crippen LogP contribution is -2.15. The number of rotatable bonds is 5. The lowest BCUT2D eigenvalue weighted by atomic mass is 10.4. The maximum Gasteiger partial charge on any atom is 0.185 e. The number of anilines is 1. The summed E-state index contributed by atoms with van der Waals surface area (Å²) in [6.45, 7) is 3.91. The lowest BCUT2D eigenvalue weighted by Gasteiger charge is -2.13. The van der Waals surface area contributed by atoms with Crippen LogP contribution in [0.15, 0.2) is 17.5 Å². The molecule has 0 fully saturated rings. The largest absolute Gasteiger partial charge is 0.346 e. The molecule has 3 nitrogen and oxygen atoms in total. The molecule has 0 saturated carbocycles. The van der Waals surface area contributed by atoms with Crippen molar-refractivity contribution in [1.82, 2.24) is 10.3 Å². The first-order valence-electron chi connectivity index (χ1n) is 5.55. The first-order chi connectivity index (χ1) is 8.20. The minimum atomic E-state index is 0.899. The van der Waals surface area contributed by atoms with Crippen molar-refractivity contribution in [3.8, 4) is 0 Å². The topological polar surface area (TPSA) is 28.2 Å². The zero-order chi connectivity index (χ0) is 12.3. The molecule has 0 unspecified atom stereocenters. The van der Waals surface area contributed by atoms with E-state index >= 15 is 0 Å². The zero-order valence-electron chi connectivity index (χ0n) is 10.4. The Morgan fingerprint density at radius 1 is 1.47 bits per heavy atom. The van der Waals surface area contributed by atoms with Crippen molar-refractivity contribution in [3.63, 3.8) is 0 Å². The lowest BCUT2D eigenvalue weighted by molar-refractivity contribution is 0.822. The van der Waals surface area contributed by atoms with E-state index in [1.165, 1.54) is 9.75 Å². The summed E-state index contributed by atoms with van der Waals surface area (Å²) in [5.74, 6) is 0. The first kappa shape index (κ1) is 12.5. The molecule has 0 radical (unpaired) electrons. The Kier molecular flexibility index (Phi) is 4.15. The van der Waals surface area contributed by atoms with Gasteiger partial charge in [0.15, 0.2) is 5.13 Å². The van der Waals surface area contributed by atoms with Crippen LogP contribution < -0.4 is 10.2 Å². The highest BCUT2D eigenvalue weighted by molar-refractivity contribution is 7.15. The summed E-state index contributed by atoms with van der Waals surface area (Å²) in [7, 11) is 4.06. The Labute approximate surface area is 110 Å². The molecule has 0 atom stereocenters. The number of aromatic nitrogens is 1. The zero-order valence-corrected chi connectivity index (χ0v) is 12.0. The maximum absolute atomic E-state index is 4.62. The molecular weight excluding hydrogens is 250 g/mol. The predicted molar refractivity (Wildman–Crippen MR) is 76.0 cm³/mol. The SMILES string of the molecule is CNCc1sc(N(C)Cc2cccs2)nc1C. The Morgan fingerprint density at radius 3 is 2.94 bits per heavy atom. The molecule has 2 aromatic rings. The highest BCUT2D eigenvalue weighted by atomic mass is 32.1. The molecule has 0 saturated heterocycles. The van der Waals surface area contributed by atoms with Crippen LogP contribution in [0.3, 0.4) is 0 Å². The van der Waals surface area contributed by atoms with Gasteiger partial charge in [0.1, 0.15) is 0 Å². The van der Waals surface area contributed by atoms with Crippen LogP contribution in [0.1, 0.15) is 15.4 Å². The Hall–Kier alpha value is -0.910. The second-order valence-electron chi connectivity index (χ2n) is 3.97. The Bertz CT molecular complexity index is 462. The van der Waals surface area contributed by atoms with Crippen LogP contribution in [-0.2, 0) is 13.1 Å².